The molecule has 0 saturated heterocycles. The molecule has 1 rings (SSSR count). The average molecular weight is 223 g/mol. The number of hydrogen-bond donors (Lipinski definition) is 1. The van der Waals surface area contributed by atoms with Crippen LogP contribution in [0.2, 0.25) is 0 Å². The molecule has 1 aromatic rings. The van der Waals surface area contributed by atoms with Gasteiger partial charge in [0.2, 0.25) is 5.91 Å². The van der Waals surface area contributed by atoms with Crippen molar-refractivity contribution in [1.29, 1.82) is 0 Å². The summed E-state index contributed by atoms with van der Waals surface area (Å²) < 4.78 is 1.90. The maximum atomic E-state index is 11.7. The highest BCUT2D eigenvalue weighted by Crippen LogP contribution is 2.00. The van der Waals surface area contributed by atoms with E-state index < -0.39 is 0 Å². The second kappa shape index (κ2) is 6.30. The first-order valence-electron chi connectivity index (χ1n) is 6.00. The Balaban J connectivity index is 2.51. The van der Waals surface area contributed by atoms with Crippen LogP contribution in [0.1, 0.15) is 39.4 Å². The largest absolute Gasteiger partial charge is 0.352 e. The van der Waals surface area contributed by atoms with Gasteiger partial charge in [0.1, 0.15) is 12.4 Å². The zero-order valence-corrected chi connectivity index (χ0v) is 10.4. The Morgan fingerprint density at radius 2 is 2.12 bits per heavy atom. The molecule has 4 heteroatoms. The molecular formula is C12H21N3O. The van der Waals surface area contributed by atoms with Gasteiger partial charge in [-0.05, 0) is 12.8 Å². The molecule has 1 aromatic heterocycles. The molecule has 0 aliphatic heterocycles. The number of carbonyl (C=O) groups is 1. The molecule has 0 unspecified atom stereocenters. The molecule has 0 spiro atoms. The van der Waals surface area contributed by atoms with Gasteiger partial charge in [-0.1, -0.05) is 20.8 Å². The second-order valence-corrected chi connectivity index (χ2v) is 3.91. The van der Waals surface area contributed by atoms with Crippen LogP contribution in [0.4, 0.5) is 0 Å². The highest BCUT2D eigenvalue weighted by atomic mass is 16.2. The number of nitrogens with one attached hydrogen (secondary N) is 1. The van der Waals surface area contributed by atoms with Crippen molar-refractivity contribution in [2.24, 2.45) is 0 Å². The molecule has 1 amide bonds. The van der Waals surface area contributed by atoms with Crippen molar-refractivity contribution in [2.45, 2.75) is 52.6 Å². The first-order chi connectivity index (χ1) is 7.71. The molecule has 0 bridgehead atoms. The number of aromatic nitrogens is 2. The first kappa shape index (κ1) is 12.7. The molecule has 0 atom stereocenters. The summed E-state index contributed by atoms with van der Waals surface area (Å²) in [4.78, 5) is 15.9. The van der Waals surface area contributed by atoms with E-state index in [-0.39, 0.29) is 5.91 Å². The van der Waals surface area contributed by atoms with Crippen LogP contribution in [0.15, 0.2) is 12.4 Å². The van der Waals surface area contributed by atoms with Gasteiger partial charge in [0.05, 0.1) is 0 Å². The molecule has 0 radical (unpaired) electrons. The van der Waals surface area contributed by atoms with Gasteiger partial charge in [-0.15, -0.1) is 0 Å². The molecule has 16 heavy (non-hydrogen) atoms. The topological polar surface area (TPSA) is 46.9 Å². The summed E-state index contributed by atoms with van der Waals surface area (Å²) in [7, 11) is 0. The monoisotopic (exact) mass is 223 g/mol. The highest BCUT2D eigenvalue weighted by molar-refractivity contribution is 5.76. The molecule has 1 heterocycles. The Labute approximate surface area is 97.1 Å². The van der Waals surface area contributed by atoms with Gasteiger partial charge >= 0.3 is 0 Å². The number of rotatable bonds is 6. The number of amides is 1. The maximum absolute atomic E-state index is 11.7. The number of imidazole rings is 1. The minimum Gasteiger partial charge on any atom is -0.352 e. The minimum absolute atomic E-state index is 0.0707. The Morgan fingerprint density at radius 1 is 1.44 bits per heavy atom. The molecular weight excluding hydrogens is 202 g/mol. The lowest BCUT2D eigenvalue weighted by Gasteiger charge is -2.15. The van der Waals surface area contributed by atoms with Gasteiger partial charge in [-0.2, -0.15) is 0 Å². The zero-order valence-electron chi connectivity index (χ0n) is 10.4. The van der Waals surface area contributed by atoms with E-state index in [1.807, 2.05) is 17.7 Å². The summed E-state index contributed by atoms with van der Waals surface area (Å²) in [6.07, 6.45) is 6.40. The SMILES string of the molecule is CCc1nccn1CC(=O)NC(CC)CC. The van der Waals surface area contributed by atoms with Crippen molar-refractivity contribution in [2.75, 3.05) is 0 Å². The fraction of sp³-hybridized carbons (Fsp3) is 0.667. The summed E-state index contributed by atoms with van der Waals surface area (Å²) in [5.74, 6) is 1.03. The quantitative estimate of drug-likeness (QED) is 0.798. The van der Waals surface area contributed by atoms with E-state index in [9.17, 15) is 4.79 Å². The third-order valence-electron chi connectivity index (χ3n) is 2.78. The van der Waals surface area contributed by atoms with Crippen molar-refractivity contribution < 1.29 is 4.79 Å². The smallest absolute Gasteiger partial charge is 0.240 e. The Bertz CT molecular complexity index is 329. The van der Waals surface area contributed by atoms with E-state index in [1.54, 1.807) is 6.20 Å². The molecule has 0 fully saturated rings. The lowest BCUT2D eigenvalue weighted by atomic mass is 10.2. The van der Waals surface area contributed by atoms with Crippen molar-refractivity contribution in [1.82, 2.24) is 14.9 Å². The van der Waals surface area contributed by atoms with E-state index in [1.165, 1.54) is 0 Å². The Kier molecular flexibility index (Phi) is 5.02. The molecule has 4 nitrogen and oxygen atoms in total. The van der Waals surface area contributed by atoms with Crippen molar-refractivity contribution in [3.8, 4) is 0 Å². The van der Waals surface area contributed by atoms with E-state index >= 15 is 0 Å². The van der Waals surface area contributed by atoms with Gasteiger partial charge in [0.15, 0.2) is 0 Å². The third-order valence-corrected chi connectivity index (χ3v) is 2.78. The summed E-state index contributed by atoms with van der Waals surface area (Å²) in [5, 5.41) is 3.02. The summed E-state index contributed by atoms with van der Waals surface area (Å²) >= 11 is 0. The summed E-state index contributed by atoms with van der Waals surface area (Å²) in [6.45, 7) is 6.59. The van der Waals surface area contributed by atoms with Gasteiger partial charge in [0.25, 0.3) is 0 Å². The standard InChI is InChI=1S/C12H21N3O/c1-4-10(5-2)14-12(16)9-15-8-7-13-11(15)6-3/h7-8,10H,4-6,9H2,1-3H3,(H,14,16). The van der Waals surface area contributed by atoms with E-state index in [0.717, 1.165) is 25.1 Å². The van der Waals surface area contributed by atoms with Crippen LogP contribution in [-0.2, 0) is 17.8 Å². The van der Waals surface area contributed by atoms with Crippen LogP contribution in [0.25, 0.3) is 0 Å². The molecule has 0 aliphatic carbocycles. The molecule has 0 aromatic carbocycles. The fourth-order valence-corrected chi connectivity index (χ4v) is 1.72. The van der Waals surface area contributed by atoms with Gasteiger partial charge in [0, 0.05) is 24.9 Å². The molecule has 90 valence electrons. The highest BCUT2D eigenvalue weighted by Gasteiger charge is 2.10. The first-order valence-corrected chi connectivity index (χ1v) is 6.00. The summed E-state index contributed by atoms with van der Waals surface area (Å²) in [6, 6.07) is 0.293. The molecule has 0 aliphatic rings. The predicted molar refractivity (Wildman–Crippen MR) is 64.1 cm³/mol. The fourth-order valence-electron chi connectivity index (χ4n) is 1.72. The lowest BCUT2D eigenvalue weighted by molar-refractivity contribution is -0.122. The Morgan fingerprint density at radius 3 is 2.69 bits per heavy atom. The van der Waals surface area contributed by atoms with Crippen molar-refractivity contribution in [3.63, 3.8) is 0 Å². The molecule has 1 N–H and O–H groups in total. The predicted octanol–water partition coefficient (Wildman–Crippen LogP) is 1.75. The number of hydrogen-bond acceptors (Lipinski definition) is 2. The molecule has 0 saturated carbocycles. The van der Waals surface area contributed by atoms with Crippen LogP contribution >= 0.6 is 0 Å². The normalized spacial score (nSPS) is 10.8. The van der Waals surface area contributed by atoms with Crippen LogP contribution < -0.4 is 5.32 Å². The lowest BCUT2D eigenvalue weighted by Crippen LogP contribution is -2.36. The zero-order chi connectivity index (χ0) is 12.0. The number of nitrogens with zero attached hydrogens (tertiary/aromatic N) is 2. The van der Waals surface area contributed by atoms with Crippen LogP contribution in [0, 0.1) is 0 Å². The van der Waals surface area contributed by atoms with Gasteiger partial charge in [-0.25, -0.2) is 4.98 Å². The Hall–Kier alpha value is -1.32. The van der Waals surface area contributed by atoms with Crippen molar-refractivity contribution in [3.05, 3.63) is 18.2 Å². The van der Waals surface area contributed by atoms with E-state index in [4.69, 9.17) is 0 Å². The van der Waals surface area contributed by atoms with Crippen molar-refractivity contribution >= 4 is 5.91 Å². The van der Waals surface area contributed by atoms with E-state index in [2.05, 4.69) is 24.1 Å². The van der Waals surface area contributed by atoms with Gasteiger partial charge < -0.3 is 9.88 Å². The third kappa shape index (κ3) is 3.36. The van der Waals surface area contributed by atoms with Crippen LogP contribution in [0.5, 0.6) is 0 Å². The van der Waals surface area contributed by atoms with Crippen LogP contribution in [-0.4, -0.2) is 21.5 Å². The van der Waals surface area contributed by atoms with E-state index in [0.29, 0.717) is 12.6 Å². The van der Waals surface area contributed by atoms with Gasteiger partial charge in [-0.3, -0.25) is 4.79 Å². The summed E-state index contributed by atoms with van der Waals surface area (Å²) in [5.41, 5.74) is 0. The van der Waals surface area contributed by atoms with Crippen LogP contribution in [0.3, 0.4) is 0 Å². The second-order valence-electron chi connectivity index (χ2n) is 3.91. The average Bonchev–Trinajstić information content (AvgIpc) is 2.73. The number of aryl methyl sites for hydroxylation is 1. The minimum atomic E-state index is 0.0707. The maximum Gasteiger partial charge on any atom is 0.240 e. The number of carbonyl (C=O) groups excluding carboxylic acids is 1.